The van der Waals surface area contributed by atoms with E-state index in [4.69, 9.17) is 4.74 Å². The lowest BCUT2D eigenvalue weighted by Gasteiger charge is -2.12. The van der Waals surface area contributed by atoms with Crippen LogP contribution in [0.25, 0.3) is 0 Å². The summed E-state index contributed by atoms with van der Waals surface area (Å²) in [4.78, 5) is 10.1. The van der Waals surface area contributed by atoms with Crippen LogP contribution in [-0.4, -0.2) is 31.1 Å². The van der Waals surface area contributed by atoms with Crippen LogP contribution in [0.4, 0.5) is 0 Å². The maximum absolute atomic E-state index is 5.38. The molecule has 130 valence electrons. The van der Waals surface area contributed by atoms with Crippen molar-refractivity contribution in [3.63, 3.8) is 0 Å². The van der Waals surface area contributed by atoms with Gasteiger partial charge >= 0.3 is 0 Å². The SMILES string of the molecule is CCNC(=NCc1cnc(C)s1)NCCc1ccc(C)c(OC)c1. The molecule has 1 aromatic heterocycles. The van der Waals surface area contributed by atoms with E-state index in [1.807, 2.05) is 13.1 Å². The Bertz CT molecular complexity index is 681. The molecule has 1 aromatic carbocycles. The molecule has 0 amide bonds. The summed E-state index contributed by atoms with van der Waals surface area (Å²) in [6, 6.07) is 6.34. The number of aromatic nitrogens is 1. The first-order chi connectivity index (χ1) is 11.6. The zero-order valence-corrected chi connectivity index (χ0v) is 15.7. The van der Waals surface area contributed by atoms with Crippen molar-refractivity contribution in [3.8, 4) is 5.75 Å². The van der Waals surface area contributed by atoms with Gasteiger partial charge in [0.15, 0.2) is 5.96 Å². The van der Waals surface area contributed by atoms with Crippen molar-refractivity contribution in [3.05, 3.63) is 45.4 Å². The van der Waals surface area contributed by atoms with Crippen LogP contribution < -0.4 is 15.4 Å². The van der Waals surface area contributed by atoms with Crippen LogP contribution in [-0.2, 0) is 13.0 Å². The van der Waals surface area contributed by atoms with Crippen LogP contribution in [0.2, 0.25) is 0 Å². The Morgan fingerprint density at radius 3 is 2.79 bits per heavy atom. The van der Waals surface area contributed by atoms with E-state index in [1.165, 1.54) is 10.4 Å². The minimum absolute atomic E-state index is 0.652. The molecule has 2 aromatic rings. The molecule has 0 fully saturated rings. The number of benzene rings is 1. The summed E-state index contributed by atoms with van der Waals surface area (Å²) in [6.45, 7) is 8.44. The van der Waals surface area contributed by atoms with Crippen molar-refractivity contribution in [1.29, 1.82) is 0 Å². The normalized spacial score (nSPS) is 11.4. The summed E-state index contributed by atoms with van der Waals surface area (Å²) in [5, 5.41) is 7.73. The van der Waals surface area contributed by atoms with E-state index in [0.29, 0.717) is 6.54 Å². The van der Waals surface area contributed by atoms with Crippen molar-refractivity contribution < 1.29 is 4.74 Å². The van der Waals surface area contributed by atoms with Crippen LogP contribution in [0, 0.1) is 13.8 Å². The van der Waals surface area contributed by atoms with Gasteiger partial charge in [-0.2, -0.15) is 0 Å². The largest absolute Gasteiger partial charge is 0.496 e. The van der Waals surface area contributed by atoms with Crippen molar-refractivity contribution in [1.82, 2.24) is 15.6 Å². The summed E-state index contributed by atoms with van der Waals surface area (Å²) in [6.07, 6.45) is 2.81. The molecule has 2 rings (SSSR count). The maximum atomic E-state index is 5.38. The zero-order chi connectivity index (χ0) is 17.4. The highest BCUT2D eigenvalue weighted by atomic mass is 32.1. The number of nitrogens with one attached hydrogen (secondary N) is 2. The summed E-state index contributed by atoms with van der Waals surface area (Å²) >= 11 is 1.69. The van der Waals surface area contributed by atoms with Crippen molar-refractivity contribution in [2.24, 2.45) is 4.99 Å². The van der Waals surface area contributed by atoms with Gasteiger partial charge in [0, 0.05) is 24.2 Å². The first-order valence-electron chi connectivity index (χ1n) is 8.19. The third-order valence-electron chi connectivity index (χ3n) is 3.58. The smallest absolute Gasteiger partial charge is 0.191 e. The number of rotatable bonds is 7. The van der Waals surface area contributed by atoms with E-state index in [1.54, 1.807) is 18.4 Å². The van der Waals surface area contributed by atoms with Gasteiger partial charge in [-0.15, -0.1) is 11.3 Å². The summed E-state index contributed by atoms with van der Waals surface area (Å²) < 4.78 is 5.38. The molecule has 6 heteroatoms. The fraction of sp³-hybridized carbons (Fsp3) is 0.444. The zero-order valence-electron chi connectivity index (χ0n) is 14.8. The standard InChI is InChI=1S/C18H26N4OS/c1-5-19-18(22-12-16-11-21-14(3)24-16)20-9-8-15-7-6-13(2)17(10-15)23-4/h6-7,10-11H,5,8-9,12H2,1-4H3,(H2,19,20,22). The molecule has 2 N–H and O–H groups in total. The molecule has 1 heterocycles. The number of ether oxygens (including phenoxy) is 1. The van der Waals surface area contributed by atoms with E-state index in [2.05, 4.69) is 52.7 Å². The summed E-state index contributed by atoms with van der Waals surface area (Å²) in [5.41, 5.74) is 2.41. The predicted octanol–water partition coefficient (Wildman–Crippen LogP) is 3.07. The Morgan fingerprint density at radius 1 is 1.29 bits per heavy atom. The summed E-state index contributed by atoms with van der Waals surface area (Å²) in [7, 11) is 1.71. The van der Waals surface area contributed by atoms with E-state index >= 15 is 0 Å². The average Bonchev–Trinajstić information content (AvgIpc) is 2.99. The van der Waals surface area contributed by atoms with Crippen LogP contribution in [0.1, 0.15) is 27.9 Å². The Balaban J connectivity index is 1.89. The van der Waals surface area contributed by atoms with Gasteiger partial charge in [-0.3, -0.25) is 0 Å². The van der Waals surface area contributed by atoms with Gasteiger partial charge < -0.3 is 15.4 Å². The Morgan fingerprint density at radius 2 is 2.12 bits per heavy atom. The van der Waals surface area contributed by atoms with Gasteiger partial charge in [-0.05, 0) is 44.4 Å². The molecular weight excluding hydrogens is 320 g/mol. The molecule has 0 aliphatic heterocycles. The molecular formula is C18H26N4OS. The first-order valence-corrected chi connectivity index (χ1v) is 9.01. The number of nitrogens with zero attached hydrogens (tertiary/aromatic N) is 2. The Labute approximate surface area is 148 Å². The number of thiazole rings is 1. The van der Waals surface area contributed by atoms with Crippen molar-refractivity contribution in [2.45, 2.75) is 33.7 Å². The highest BCUT2D eigenvalue weighted by Gasteiger charge is 2.03. The minimum atomic E-state index is 0.652. The molecule has 0 radical (unpaired) electrons. The molecule has 5 nitrogen and oxygen atoms in total. The van der Waals surface area contributed by atoms with E-state index in [0.717, 1.165) is 41.8 Å². The van der Waals surface area contributed by atoms with Crippen LogP contribution >= 0.6 is 11.3 Å². The molecule has 0 unspecified atom stereocenters. The van der Waals surface area contributed by atoms with Gasteiger partial charge in [0.2, 0.25) is 0 Å². The third-order valence-corrected chi connectivity index (χ3v) is 4.48. The second kappa shape index (κ2) is 9.27. The molecule has 0 aliphatic rings. The monoisotopic (exact) mass is 346 g/mol. The minimum Gasteiger partial charge on any atom is -0.496 e. The van der Waals surface area contributed by atoms with Gasteiger partial charge in [0.25, 0.3) is 0 Å². The first kappa shape index (κ1) is 18.3. The van der Waals surface area contributed by atoms with Gasteiger partial charge in [0.1, 0.15) is 5.75 Å². The maximum Gasteiger partial charge on any atom is 0.191 e. The van der Waals surface area contributed by atoms with Gasteiger partial charge in [0.05, 0.1) is 18.7 Å². The van der Waals surface area contributed by atoms with Gasteiger partial charge in [-0.25, -0.2) is 9.98 Å². The predicted molar refractivity (Wildman–Crippen MR) is 101 cm³/mol. The molecule has 0 aliphatic carbocycles. The second-order valence-electron chi connectivity index (χ2n) is 5.52. The lowest BCUT2D eigenvalue weighted by molar-refractivity contribution is 0.411. The second-order valence-corrected chi connectivity index (χ2v) is 6.84. The highest BCUT2D eigenvalue weighted by molar-refractivity contribution is 7.11. The van der Waals surface area contributed by atoms with E-state index < -0.39 is 0 Å². The molecule has 0 saturated heterocycles. The molecule has 24 heavy (non-hydrogen) atoms. The number of methoxy groups -OCH3 is 1. The number of aryl methyl sites for hydroxylation is 2. The average molecular weight is 347 g/mol. The van der Waals surface area contributed by atoms with Gasteiger partial charge in [-0.1, -0.05) is 12.1 Å². The quantitative estimate of drug-likeness (QED) is 0.597. The lowest BCUT2D eigenvalue weighted by atomic mass is 10.1. The van der Waals surface area contributed by atoms with Crippen LogP contribution in [0.15, 0.2) is 29.4 Å². The van der Waals surface area contributed by atoms with Crippen LogP contribution in [0.3, 0.4) is 0 Å². The molecule has 0 atom stereocenters. The number of aliphatic imine (C=N–C) groups is 1. The van der Waals surface area contributed by atoms with Crippen LogP contribution in [0.5, 0.6) is 5.75 Å². The highest BCUT2D eigenvalue weighted by Crippen LogP contribution is 2.19. The van der Waals surface area contributed by atoms with E-state index in [9.17, 15) is 0 Å². The fourth-order valence-electron chi connectivity index (χ4n) is 2.32. The molecule has 0 spiro atoms. The molecule has 0 saturated carbocycles. The third kappa shape index (κ3) is 5.53. The molecule has 0 bridgehead atoms. The fourth-order valence-corrected chi connectivity index (χ4v) is 3.04. The number of hydrogen-bond acceptors (Lipinski definition) is 4. The topological polar surface area (TPSA) is 58.5 Å². The Hall–Kier alpha value is -2.08. The Kier molecular flexibility index (Phi) is 7.06. The lowest BCUT2D eigenvalue weighted by Crippen LogP contribution is -2.38. The summed E-state index contributed by atoms with van der Waals surface area (Å²) in [5.74, 6) is 1.77. The van der Waals surface area contributed by atoms with Crippen molar-refractivity contribution >= 4 is 17.3 Å². The number of hydrogen-bond donors (Lipinski definition) is 2. The van der Waals surface area contributed by atoms with E-state index in [-0.39, 0.29) is 0 Å². The van der Waals surface area contributed by atoms with Crippen molar-refractivity contribution in [2.75, 3.05) is 20.2 Å². The number of guanidine groups is 1.